The van der Waals surface area contributed by atoms with E-state index < -0.39 is 11.6 Å². The average molecular weight is 489 g/mol. The zero-order valence-corrected chi connectivity index (χ0v) is 22.6. The largest absolute Gasteiger partial charge is 0.481 e. The Hall–Kier alpha value is -1.36. The molecule has 8 atom stereocenters. The van der Waals surface area contributed by atoms with Crippen LogP contribution in [0, 0.1) is 40.4 Å². The van der Waals surface area contributed by atoms with Crippen LogP contribution in [0.1, 0.15) is 112 Å². The molecule has 0 heterocycles. The highest BCUT2D eigenvalue weighted by atomic mass is 16.5. The SMILES string of the molecule is CC(CCC(C)(C)O)C1CCC2C3CC=C4CC(OC(=O)CCC(=O)O)CCC4(C)C3CCC12C. The van der Waals surface area contributed by atoms with Crippen LogP contribution in [0.5, 0.6) is 0 Å². The molecular formula is C30H48O5. The molecule has 5 nitrogen and oxygen atoms in total. The minimum Gasteiger partial charge on any atom is -0.481 e. The molecule has 0 aliphatic heterocycles. The first-order valence-electron chi connectivity index (χ1n) is 14.2. The molecule has 0 bridgehead atoms. The van der Waals surface area contributed by atoms with E-state index in [1.807, 2.05) is 13.8 Å². The van der Waals surface area contributed by atoms with Crippen molar-refractivity contribution in [1.82, 2.24) is 0 Å². The molecular weight excluding hydrogens is 440 g/mol. The van der Waals surface area contributed by atoms with E-state index >= 15 is 0 Å². The number of fused-ring (bicyclic) bond motifs is 5. The minimum absolute atomic E-state index is 0.0392. The molecule has 4 rings (SSSR count). The third-order valence-corrected chi connectivity index (χ3v) is 10.9. The van der Waals surface area contributed by atoms with Gasteiger partial charge in [0.1, 0.15) is 6.10 Å². The van der Waals surface area contributed by atoms with E-state index in [9.17, 15) is 14.7 Å². The van der Waals surface area contributed by atoms with Gasteiger partial charge in [-0.3, -0.25) is 9.59 Å². The van der Waals surface area contributed by atoms with Gasteiger partial charge in [0.25, 0.3) is 0 Å². The number of aliphatic hydroxyl groups is 1. The van der Waals surface area contributed by atoms with Gasteiger partial charge in [0.2, 0.25) is 0 Å². The molecule has 0 aromatic rings. The van der Waals surface area contributed by atoms with Crippen molar-refractivity contribution in [3.63, 3.8) is 0 Å². The molecule has 8 unspecified atom stereocenters. The van der Waals surface area contributed by atoms with Gasteiger partial charge in [0, 0.05) is 6.42 Å². The molecule has 2 N–H and O–H groups in total. The van der Waals surface area contributed by atoms with Crippen molar-refractivity contribution in [3.8, 4) is 0 Å². The number of carboxylic acids is 1. The second-order valence-corrected chi connectivity index (χ2v) is 13.6. The number of rotatable bonds is 8. The highest BCUT2D eigenvalue weighted by molar-refractivity contribution is 5.76. The molecule has 4 aliphatic rings. The normalized spacial score (nSPS) is 39.6. The maximum absolute atomic E-state index is 12.1. The monoisotopic (exact) mass is 488 g/mol. The number of ether oxygens (including phenoxy) is 1. The Labute approximate surface area is 212 Å². The standard InChI is InChI=1S/C30H48O5/c1-19(12-15-28(2,3)34)23-8-9-24-22-7-6-20-18-21(35-27(33)11-10-26(31)32)13-16-29(20,4)25(22)14-17-30(23,24)5/h6,19,21-25,34H,7-18H2,1-5H3,(H,31,32). The van der Waals surface area contributed by atoms with Crippen LogP contribution in [0.4, 0.5) is 0 Å². The van der Waals surface area contributed by atoms with Gasteiger partial charge in [-0.2, -0.15) is 0 Å². The number of allylic oxidation sites excluding steroid dienone is 1. The van der Waals surface area contributed by atoms with E-state index in [4.69, 9.17) is 9.84 Å². The third-order valence-electron chi connectivity index (χ3n) is 10.9. The van der Waals surface area contributed by atoms with Crippen LogP contribution in [-0.2, 0) is 14.3 Å². The number of carbonyl (C=O) groups excluding carboxylic acids is 1. The second-order valence-electron chi connectivity index (χ2n) is 13.6. The predicted molar refractivity (Wildman–Crippen MR) is 137 cm³/mol. The first-order valence-corrected chi connectivity index (χ1v) is 14.2. The van der Waals surface area contributed by atoms with Crippen LogP contribution in [0.15, 0.2) is 11.6 Å². The molecule has 198 valence electrons. The maximum atomic E-state index is 12.1. The summed E-state index contributed by atoms with van der Waals surface area (Å²) in [7, 11) is 0. The van der Waals surface area contributed by atoms with Gasteiger partial charge in [-0.25, -0.2) is 0 Å². The first-order chi connectivity index (χ1) is 16.3. The summed E-state index contributed by atoms with van der Waals surface area (Å²) in [4.78, 5) is 22.9. The van der Waals surface area contributed by atoms with E-state index in [0.29, 0.717) is 11.3 Å². The fourth-order valence-corrected chi connectivity index (χ4v) is 8.94. The average Bonchev–Trinajstić information content (AvgIpc) is 3.13. The zero-order chi connectivity index (χ0) is 25.6. The number of hydrogen-bond acceptors (Lipinski definition) is 4. The van der Waals surface area contributed by atoms with E-state index in [2.05, 4.69) is 26.8 Å². The Balaban J connectivity index is 1.42. The number of carbonyl (C=O) groups is 2. The van der Waals surface area contributed by atoms with Crippen molar-refractivity contribution in [2.24, 2.45) is 40.4 Å². The van der Waals surface area contributed by atoms with Crippen molar-refractivity contribution in [1.29, 1.82) is 0 Å². The van der Waals surface area contributed by atoms with Crippen LogP contribution in [-0.4, -0.2) is 33.9 Å². The molecule has 35 heavy (non-hydrogen) atoms. The summed E-state index contributed by atoms with van der Waals surface area (Å²) < 4.78 is 5.68. The van der Waals surface area contributed by atoms with E-state index in [0.717, 1.165) is 62.2 Å². The van der Waals surface area contributed by atoms with Crippen LogP contribution in [0.2, 0.25) is 0 Å². The fourth-order valence-electron chi connectivity index (χ4n) is 8.94. The Morgan fingerprint density at radius 2 is 1.86 bits per heavy atom. The Bertz CT molecular complexity index is 840. The third kappa shape index (κ3) is 5.36. The lowest BCUT2D eigenvalue weighted by Crippen LogP contribution is -2.51. The molecule has 5 heteroatoms. The van der Waals surface area contributed by atoms with Crippen molar-refractivity contribution in [2.45, 2.75) is 123 Å². The van der Waals surface area contributed by atoms with E-state index in [-0.39, 0.29) is 30.3 Å². The van der Waals surface area contributed by atoms with Crippen LogP contribution >= 0.6 is 0 Å². The molecule has 0 spiro atoms. The highest BCUT2D eigenvalue weighted by Crippen LogP contribution is 2.67. The van der Waals surface area contributed by atoms with Crippen LogP contribution in [0.25, 0.3) is 0 Å². The van der Waals surface area contributed by atoms with Crippen LogP contribution < -0.4 is 0 Å². The summed E-state index contributed by atoms with van der Waals surface area (Å²) in [5, 5.41) is 19.1. The fraction of sp³-hybridized carbons (Fsp3) is 0.867. The van der Waals surface area contributed by atoms with Gasteiger partial charge >= 0.3 is 11.9 Å². The van der Waals surface area contributed by atoms with Gasteiger partial charge in [-0.05, 0) is 112 Å². The number of carboxylic acid groups (broad SMARTS) is 1. The summed E-state index contributed by atoms with van der Waals surface area (Å²) in [5.41, 5.74) is 1.53. The predicted octanol–water partition coefficient (Wildman–Crippen LogP) is 6.53. The van der Waals surface area contributed by atoms with Gasteiger partial charge in [-0.1, -0.05) is 32.4 Å². The number of aliphatic carboxylic acids is 1. The van der Waals surface area contributed by atoms with Gasteiger partial charge in [-0.15, -0.1) is 0 Å². The Kier molecular flexibility index (Phi) is 7.50. The van der Waals surface area contributed by atoms with Crippen molar-refractivity contribution in [2.75, 3.05) is 0 Å². The lowest BCUT2D eigenvalue weighted by Gasteiger charge is -2.58. The second kappa shape index (κ2) is 9.84. The van der Waals surface area contributed by atoms with Gasteiger partial charge in [0.05, 0.1) is 18.4 Å². The lowest BCUT2D eigenvalue weighted by molar-refractivity contribution is -0.154. The topological polar surface area (TPSA) is 83.8 Å². The molecule has 3 saturated carbocycles. The highest BCUT2D eigenvalue weighted by Gasteiger charge is 2.59. The Morgan fingerprint density at radius 1 is 1.11 bits per heavy atom. The summed E-state index contributed by atoms with van der Waals surface area (Å²) >= 11 is 0. The molecule has 0 saturated heterocycles. The molecule has 3 fully saturated rings. The first kappa shape index (κ1) is 26.7. The van der Waals surface area contributed by atoms with Crippen molar-refractivity contribution in [3.05, 3.63) is 11.6 Å². The Morgan fingerprint density at radius 3 is 2.54 bits per heavy atom. The minimum atomic E-state index is -0.954. The molecule has 0 aromatic carbocycles. The molecule has 4 aliphatic carbocycles. The quantitative estimate of drug-likeness (QED) is 0.300. The van der Waals surface area contributed by atoms with Crippen LogP contribution in [0.3, 0.4) is 0 Å². The molecule has 0 amide bonds. The summed E-state index contributed by atoms with van der Waals surface area (Å²) in [6, 6.07) is 0. The van der Waals surface area contributed by atoms with Gasteiger partial charge < -0.3 is 14.9 Å². The van der Waals surface area contributed by atoms with Gasteiger partial charge in [0.15, 0.2) is 0 Å². The zero-order valence-electron chi connectivity index (χ0n) is 22.6. The number of esters is 1. The van der Waals surface area contributed by atoms with Crippen molar-refractivity contribution < 1.29 is 24.5 Å². The summed E-state index contributed by atoms with van der Waals surface area (Å²) in [6.07, 6.45) is 13.4. The number of hydrogen-bond donors (Lipinski definition) is 2. The van der Waals surface area contributed by atoms with E-state index in [1.165, 1.54) is 31.3 Å². The summed E-state index contributed by atoms with van der Waals surface area (Å²) in [6.45, 7) is 11.3. The molecule has 0 aromatic heterocycles. The van der Waals surface area contributed by atoms with E-state index in [1.54, 1.807) is 0 Å². The lowest BCUT2D eigenvalue weighted by atomic mass is 9.47. The maximum Gasteiger partial charge on any atom is 0.306 e. The van der Waals surface area contributed by atoms with Crippen molar-refractivity contribution >= 4 is 11.9 Å². The summed E-state index contributed by atoms with van der Waals surface area (Å²) in [5.74, 6) is 2.35. The molecule has 0 radical (unpaired) electrons. The smallest absolute Gasteiger partial charge is 0.306 e.